The van der Waals surface area contributed by atoms with E-state index < -0.39 is 0 Å². The lowest BCUT2D eigenvalue weighted by atomic mass is 9.91. The molecular weight excluding hydrogens is 300 g/mol. The molecular formula is C13H25BrO4. The van der Waals surface area contributed by atoms with Crippen molar-refractivity contribution in [3.05, 3.63) is 0 Å². The summed E-state index contributed by atoms with van der Waals surface area (Å²) >= 11 is 3.59. The average Bonchev–Trinajstić information content (AvgIpc) is 2.33. The third-order valence-corrected chi connectivity index (χ3v) is 4.26. The molecule has 1 aliphatic rings. The van der Waals surface area contributed by atoms with E-state index in [1.54, 1.807) is 14.2 Å². The highest BCUT2D eigenvalue weighted by molar-refractivity contribution is 9.09. The number of halogens is 1. The van der Waals surface area contributed by atoms with Gasteiger partial charge in [-0.1, -0.05) is 15.9 Å². The van der Waals surface area contributed by atoms with E-state index >= 15 is 0 Å². The van der Waals surface area contributed by atoms with Crippen molar-refractivity contribution < 1.29 is 18.9 Å². The summed E-state index contributed by atoms with van der Waals surface area (Å²) in [6, 6.07) is 0. The predicted molar refractivity (Wildman–Crippen MR) is 74.4 cm³/mol. The van der Waals surface area contributed by atoms with Gasteiger partial charge in [-0.3, -0.25) is 0 Å². The molecule has 1 fully saturated rings. The van der Waals surface area contributed by atoms with Gasteiger partial charge >= 0.3 is 0 Å². The van der Waals surface area contributed by atoms with E-state index in [1.165, 1.54) is 0 Å². The van der Waals surface area contributed by atoms with E-state index in [0.717, 1.165) is 12.8 Å². The zero-order valence-electron chi connectivity index (χ0n) is 11.8. The summed E-state index contributed by atoms with van der Waals surface area (Å²) in [5.74, 6) is 0. The molecule has 3 atom stereocenters. The quantitative estimate of drug-likeness (QED) is 0.482. The molecule has 0 heterocycles. The highest BCUT2D eigenvalue weighted by atomic mass is 79.9. The van der Waals surface area contributed by atoms with Crippen LogP contribution < -0.4 is 0 Å². The topological polar surface area (TPSA) is 36.9 Å². The summed E-state index contributed by atoms with van der Waals surface area (Å²) in [5, 5.41) is 0. The molecule has 108 valence electrons. The lowest BCUT2D eigenvalue weighted by molar-refractivity contribution is -0.134. The Morgan fingerprint density at radius 2 is 1.83 bits per heavy atom. The van der Waals surface area contributed by atoms with Gasteiger partial charge < -0.3 is 18.9 Å². The minimum absolute atomic E-state index is 0.121. The van der Waals surface area contributed by atoms with Crippen LogP contribution in [0.2, 0.25) is 0 Å². The molecule has 3 unspecified atom stereocenters. The van der Waals surface area contributed by atoms with E-state index in [1.807, 2.05) is 0 Å². The molecule has 0 aromatic rings. The van der Waals surface area contributed by atoms with Crippen molar-refractivity contribution >= 4 is 15.9 Å². The molecule has 0 radical (unpaired) electrons. The summed E-state index contributed by atoms with van der Waals surface area (Å²) in [6.45, 7) is 6.08. The van der Waals surface area contributed by atoms with E-state index in [-0.39, 0.29) is 17.8 Å². The summed E-state index contributed by atoms with van der Waals surface area (Å²) in [5.41, 5.74) is -0.121. The minimum atomic E-state index is -0.121. The molecule has 1 rings (SSSR count). The Labute approximate surface area is 118 Å². The van der Waals surface area contributed by atoms with Crippen molar-refractivity contribution in [2.24, 2.45) is 0 Å². The molecule has 0 amide bonds. The van der Waals surface area contributed by atoms with E-state index in [2.05, 4.69) is 29.8 Å². The van der Waals surface area contributed by atoms with Gasteiger partial charge in [0.25, 0.3) is 0 Å². The van der Waals surface area contributed by atoms with Crippen LogP contribution in [0, 0.1) is 0 Å². The smallest absolute Gasteiger partial charge is 0.0963 e. The fourth-order valence-electron chi connectivity index (χ4n) is 1.73. The second-order valence-corrected chi connectivity index (χ2v) is 6.38. The Hall–Kier alpha value is 0.320. The van der Waals surface area contributed by atoms with Crippen molar-refractivity contribution in [2.45, 2.75) is 49.3 Å². The Balaban J connectivity index is 2.18. The Bertz CT molecular complexity index is 235. The molecule has 0 aliphatic heterocycles. The summed E-state index contributed by atoms with van der Waals surface area (Å²) in [4.78, 5) is 0.398. The zero-order chi connectivity index (χ0) is 13.6. The first-order valence-electron chi connectivity index (χ1n) is 6.41. The Morgan fingerprint density at radius 3 is 2.39 bits per heavy atom. The maximum atomic E-state index is 5.85. The van der Waals surface area contributed by atoms with Gasteiger partial charge in [-0.25, -0.2) is 0 Å². The third kappa shape index (κ3) is 5.13. The monoisotopic (exact) mass is 324 g/mol. The Morgan fingerprint density at radius 1 is 1.11 bits per heavy atom. The molecule has 1 aliphatic carbocycles. The van der Waals surface area contributed by atoms with Crippen LogP contribution in [-0.2, 0) is 18.9 Å². The van der Waals surface area contributed by atoms with Crippen LogP contribution in [0.4, 0.5) is 0 Å². The van der Waals surface area contributed by atoms with Crippen LogP contribution in [0.1, 0.15) is 26.7 Å². The average molecular weight is 325 g/mol. The first-order valence-corrected chi connectivity index (χ1v) is 7.33. The number of methoxy groups -OCH3 is 2. The molecule has 0 spiro atoms. The summed E-state index contributed by atoms with van der Waals surface area (Å²) < 4.78 is 21.9. The maximum absolute atomic E-state index is 5.85. The van der Waals surface area contributed by atoms with Crippen molar-refractivity contribution in [1.29, 1.82) is 0 Å². The van der Waals surface area contributed by atoms with Crippen LogP contribution in [0.15, 0.2) is 0 Å². The van der Waals surface area contributed by atoms with Gasteiger partial charge in [-0.2, -0.15) is 0 Å². The van der Waals surface area contributed by atoms with Gasteiger partial charge in [-0.05, 0) is 26.7 Å². The van der Waals surface area contributed by atoms with Gasteiger partial charge in [0.15, 0.2) is 0 Å². The number of hydrogen-bond donors (Lipinski definition) is 0. The van der Waals surface area contributed by atoms with Crippen LogP contribution in [0.25, 0.3) is 0 Å². The fourth-order valence-corrected chi connectivity index (χ4v) is 2.59. The van der Waals surface area contributed by atoms with Crippen LogP contribution >= 0.6 is 15.9 Å². The van der Waals surface area contributed by atoms with Crippen LogP contribution in [0.5, 0.6) is 0 Å². The van der Waals surface area contributed by atoms with E-state index in [4.69, 9.17) is 18.9 Å². The van der Waals surface area contributed by atoms with E-state index in [9.17, 15) is 0 Å². The van der Waals surface area contributed by atoms with Gasteiger partial charge in [-0.15, -0.1) is 0 Å². The fraction of sp³-hybridized carbons (Fsp3) is 1.00. The van der Waals surface area contributed by atoms with E-state index in [0.29, 0.717) is 24.6 Å². The lowest BCUT2D eigenvalue weighted by Crippen LogP contribution is -2.51. The van der Waals surface area contributed by atoms with Gasteiger partial charge in [0, 0.05) is 25.7 Å². The summed E-state index contributed by atoms with van der Waals surface area (Å²) in [7, 11) is 3.41. The molecule has 1 saturated carbocycles. The first kappa shape index (κ1) is 16.4. The molecule has 0 aromatic heterocycles. The van der Waals surface area contributed by atoms with Gasteiger partial charge in [0.1, 0.15) is 0 Å². The second-order valence-electron chi connectivity index (χ2n) is 5.20. The SMILES string of the molecule is COCCOC1C(Br)CC1OCCC(C)(C)OC. The molecule has 0 saturated heterocycles. The van der Waals surface area contributed by atoms with Crippen molar-refractivity contribution in [1.82, 2.24) is 0 Å². The second kappa shape index (κ2) is 7.80. The largest absolute Gasteiger partial charge is 0.382 e. The number of alkyl halides is 1. The molecule has 18 heavy (non-hydrogen) atoms. The predicted octanol–water partition coefficient (Wildman–Crippen LogP) is 2.39. The molecule has 0 N–H and O–H groups in total. The highest BCUT2D eigenvalue weighted by Gasteiger charge is 2.41. The molecule has 4 nitrogen and oxygen atoms in total. The number of ether oxygens (including phenoxy) is 4. The highest BCUT2D eigenvalue weighted by Crippen LogP contribution is 2.33. The first-order chi connectivity index (χ1) is 8.50. The van der Waals surface area contributed by atoms with Crippen molar-refractivity contribution in [3.8, 4) is 0 Å². The van der Waals surface area contributed by atoms with Crippen molar-refractivity contribution in [3.63, 3.8) is 0 Å². The third-order valence-electron chi connectivity index (χ3n) is 3.37. The molecule has 5 heteroatoms. The Kier molecular flexibility index (Phi) is 7.10. The zero-order valence-corrected chi connectivity index (χ0v) is 13.4. The normalized spacial score (nSPS) is 28.2. The number of hydrogen-bond acceptors (Lipinski definition) is 4. The van der Waals surface area contributed by atoms with Gasteiger partial charge in [0.2, 0.25) is 0 Å². The molecule has 0 bridgehead atoms. The van der Waals surface area contributed by atoms with Crippen LogP contribution in [0.3, 0.4) is 0 Å². The number of rotatable bonds is 9. The summed E-state index contributed by atoms with van der Waals surface area (Å²) in [6.07, 6.45) is 2.23. The minimum Gasteiger partial charge on any atom is -0.382 e. The standard InChI is InChI=1S/C13H25BrO4/c1-13(2,16-4)5-6-17-11-9-10(14)12(11)18-8-7-15-3/h10-12H,5-9H2,1-4H3. The van der Waals surface area contributed by atoms with Crippen LogP contribution in [-0.4, -0.2) is 56.7 Å². The molecule has 0 aromatic carbocycles. The van der Waals surface area contributed by atoms with Crippen molar-refractivity contribution in [2.75, 3.05) is 34.0 Å². The lowest BCUT2D eigenvalue weighted by Gasteiger charge is -2.41. The van der Waals surface area contributed by atoms with Gasteiger partial charge in [0.05, 0.1) is 31.0 Å². The maximum Gasteiger partial charge on any atom is 0.0963 e.